The van der Waals surface area contributed by atoms with E-state index in [9.17, 15) is 9.59 Å². The smallest absolute Gasteiger partial charge is 0.409 e. The minimum atomic E-state index is -0.596. The van der Waals surface area contributed by atoms with Gasteiger partial charge in [0, 0.05) is 13.1 Å². The molecule has 1 atom stereocenters. The zero-order valence-corrected chi connectivity index (χ0v) is 13.9. The molecular weight excluding hydrogens is 308 g/mol. The fourth-order valence-electron chi connectivity index (χ4n) is 3.26. The first kappa shape index (κ1) is 16.8. The molecule has 6 nitrogen and oxygen atoms in total. The number of carbonyl (C=O) groups is 2. The lowest BCUT2D eigenvalue weighted by Crippen LogP contribution is -2.61. The Kier molecular flexibility index (Phi) is 5.35. The molecule has 0 bridgehead atoms. The Morgan fingerprint density at radius 1 is 1.17 bits per heavy atom. The van der Waals surface area contributed by atoms with Crippen LogP contribution in [0.3, 0.4) is 0 Å². The van der Waals surface area contributed by atoms with Crippen molar-refractivity contribution >= 4 is 12.0 Å². The summed E-state index contributed by atoms with van der Waals surface area (Å²) in [7, 11) is 1.36. The van der Waals surface area contributed by atoms with Crippen LogP contribution in [0.15, 0.2) is 30.3 Å². The Labute approximate surface area is 142 Å². The molecule has 1 unspecified atom stereocenters. The van der Waals surface area contributed by atoms with E-state index in [1.54, 1.807) is 4.90 Å². The third-order valence-corrected chi connectivity index (χ3v) is 4.63. The number of benzene rings is 1. The molecule has 1 saturated carbocycles. The van der Waals surface area contributed by atoms with Gasteiger partial charge in [-0.3, -0.25) is 4.79 Å². The van der Waals surface area contributed by atoms with Crippen molar-refractivity contribution < 1.29 is 19.1 Å². The third kappa shape index (κ3) is 3.87. The van der Waals surface area contributed by atoms with Gasteiger partial charge in [0.25, 0.3) is 5.91 Å². The normalized spacial score (nSPS) is 19.6. The third-order valence-electron chi connectivity index (χ3n) is 4.63. The standard InChI is InChI=1S/C18H24N2O4/c1-23-18(22)20-11-14(12-20)19-17(21)16(13-7-3-2-4-8-13)24-15-9-5-6-10-15/h2-4,7-8,14-16H,5-6,9-12H2,1H3,(H,19,21). The summed E-state index contributed by atoms with van der Waals surface area (Å²) in [6, 6.07) is 9.54. The van der Waals surface area contributed by atoms with Crippen LogP contribution in [-0.2, 0) is 14.3 Å². The van der Waals surface area contributed by atoms with Crippen LogP contribution in [0.4, 0.5) is 4.79 Å². The molecule has 1 aromatic carbocycles. The number of nitrogens with zero attached hydrogens (tertiary/aromatic N) is 1. The van der Waals surface area contributed by atoms with Gasteiger partial charge in [-0.15, -0.1) is 0 Å². The van der Waals surface area contributed by atoms with Crippen molar-refractivity contribution in [3.05, 3.63) is 35.9 Å². The molecule has 0 radical (unpaired) electrons. The predicted molar refractivity (Wildman–Crippen MR) is 88.4 cm³/mol. The molecule has 2 aliphatic rings. The number of hydrogen-bond donors (Lipinski definition) is 1. The van der Waals surface area contributed by atoms with Gasteiger partial charge in [-0.05, 0) is 18.4 Å². The minimum Gasteiger partial charge on any atom is -0.453 e. The Hall–Kier alpha value is -2.08. The Bertz CT molecular complexity index is 566. The van der Waals surface area contributed by atoms with E-state index in [-0.39, 0.29) is 24.1 Å². The Morgan fingerprint density at radius 2 is 1.83 bits per heavy atom. The highest BCUT2D eigenvalue weighted by Crippen LogP contribution is 2.28. The van der Waals surface area contributed by atoms with Crippen LogP contribution in [0.5, 0.6) is 0 Å². The number of methoxy groups -OCH3 is 1. The van der Waals surface area contributed by atoms with Gasteiger partial charge in [0.15, 0.2) is 6.10 Å². The van der Waals surface area contributed by atoms with Crippen LogP contribution >= 0.6 is 0 Å². The zero-order chi connectivity index (χ0) is 16.9. The molecule has 24 heavy (non-hydrogen) atoms. The second-order valence-corrected chi connectivity index (χ2v) is 6.41. The first-order chi connectivity index (χ1) is 11.7. The molecular formula is C18H24N2O4. The molecule has 0 aromatic heterocycles. The topological polar surface area (TPSA) is 67.9 Å². The van der Waals surface area contributed by atoms with Crippen molar-refractivity contribution in [3.8, 4) is 0 Å². The van der Waals surface area contributed by atoms with Gasteiger partial charge in [-0.1, -0.05) is 43.2 Å². The molecule has 1 saturated heterocycles. The predicted octanol–water partition coefficient (Wildman–Crippen LogP) is 2.25. The number of amides is 2. The summed E-state index contributed by atoms with van der Waals surface area (Å²) in [5.74, 6) is -0.136. The molecule has 1 aliphatic carbocycles. The molecule has 1 heterocycles. The van der Waals surface area contributed by atoms with Crippen LogP contribution in [0.25, 0.3) is 0 Å². The fourth-order valence-corrected chi connectivity index (χ4v) is 3.26. The first-order valence-electron chi connectivity index (χ1n) is 8.51. The van der Waals surface area contributed by atoms with Gasteiger partial charge in [-0.25, -0.2) is 4.79 Å². The maximum atomic E-state index is 12.7. The van der Waals surface area contributed by atoms with Crippen LogP contribution in [0, 0.1) is 0 Å². The van der Waals surface area contributed by atoms with Gasteiger partial charge in [0.2, 0.25) is 0 Å². The number of rotatable bonds is 5. The highest BCUT2D eigenvalue weighted by Gasteiger charge is 2.35. The highest BCUT2D eigenvalue weighted by atomic mass is 16.5. The van der Waals surface area contributed by atoms with Gasteiger partial charge in [0.1, 0.15) is 0 Å². The second kappa shape index (κ2) is 7.66. The minimum absolute atomic E-state index is 0.0463. The van der Waals surface area contributed by atoms with E-state index in [1.165, 1.54) is 7.11 Å². The molecule has 3 rings (SSSR count). The molecule has 0 spiro atoms. The average molecular weight is 332 g/mol. The van der Waals surface area contributed by atoms with E-state index in [4.69, 9.17) is 4.74 Å². The summed E-state index contributed by atoms with van der Waals surface area (Å²) in [6.45, 7) is 0.951. The number of nitrogens with one attached hydrogen (secondary N) is 1. The lowest BCUT2D eigenvalue weighted by atomic mass is 10.1. The van der Waals surface area contributed by atoms with E-state index < -0.39 is 6.10 Å². The molecule has 1 aliphatic heterocycles. The van der Waals surface area contributed by atoms with Gasteiger partial charge < -0.3 is 19.7 Å². The van der Waals surface area contributed by atoms with E-state index in [0.29, 0.717) is 13.1 Å². The summed E-state index contributed by atoms with van der Waals surface area (Å²) < 4.78 is 10.8. The van der Waals surface area contributed by atoms with Gasteiger partial charge in [0.05, 0.1) is 19.3 Å². The fraction of sp³-hybridized carbons (Fsp3) is 0.556. The molecule has 2 amide bonds. The summed E-state index contributed by atoms with van der Waals surface area (Å²) in [5, 5.41) is 2.98. The van der Waals surface area contributed by atoms with E-state index >= 15 is 0 Å². The summed E-state index contributed by atoms with van der Waals surface area (Å²) >= 11 is 0. The SMILES string of the molecule is COC(=O)N1CC(NC(=O)C(OC2CCCC2)c2ccccc2)C1. The quantitative estimate of drug-likeness (QED) is 0.898. The summed E-state index contributed by atoms with van der Waals surface area (Å²) in [6.07, 6.45) is 3.53. The van der Waals surface area contributed by atoms with Crippen molar-refractivity contribution in [3.63, 3.8) is 0 Å². The van der Waals surface area contributed by atoms with Crippen LogP contribution < -0.4 is 5.32 Å². The van der Waals surface area contributed by atoms with Gasteiger partial charge >= 0.3 is 6.09 Å². The number of likely N-dealkylation sites (tertiary alicyclic amines) is 1. The van der Waals surface area contributed by atoms with E-state index in [2.05, 4.69) is 10.1 Å². The Balaban J connectivity index is 1.60. The van der Waals surface area contributed by atoms with Crippen molar-refractivity contribution in [1.29, 1.82) is 0 Å². The molecule has 130 valence electrons. The maximum absolute atomic E-state index is 12.7. The molecule has 1 aromatic rings. The lowest BCUT2D eigenvalue weighted by molar-refractivity contribution is -0.139. The molecule has 1 N–H and O–H groups in total. The summed E-state index contributed by atoms with van der Waals surface area (Å²) in [5.41, 5.74) is 0.867. The van der Waals surface area contributed by atoms with Crippen LogP contribution in [0.2, 0.25) is 0 Å². The van der Waals surface area contributed by atoms with Crippen molar-refractivity contribution in [2.75, 3.05) is 20.2 Å². The van der Waals surface area contributed by atoms with Crippen LogP contribution in [-0.4, -0.2) is 49.2 Å². The number of carbonyl (C=O) groups excluding carboxylic acids is 2. The molecule has 2 fully saturated rings. The monoisotopic (exact) mass is 332 g/mol. The number of ether oxygens (including phenoxy) is 2. The zero-order valence-electron chi connectivity index (χ0n) is 13.9. The molecule has 6 heteroatoms. The van der Waals surface area contributed by atoms with E-state index in [1.807, 2.05) is 30.3 Å². The highest BCUT2D eigenvalue weighted by molar-refractivity contribution is 5.83. The lowest BCUT2D eigenvalue weighted by Gasteiger charge is -2.39. The first-order valence-corrected chi connectivity index (χ1v) is 8.51. The van der Waals surface area contributed by atoms with E-state index in [0.717, 1.165) is 31.2 Å². The van der Waals surface area contributed by atoms with Crippen molar-refractivity contribution in [2.24, 2.45) is 0 Å². The Morgan fingerprint density at radius 3 is 2.46 bits per heavy atom. The largest absolute Gasteiger partial charge is 0.453 e. The second-order valence-electron chi connectivity index (χ2n) is 6.41. The van der Waals surface area contributed by atoms with Gasteiger partial charge in [-0.2, -0.15) is 0 Å². The van der Waals surface area contributed by atoms with Crippen molar-refractivity contribution in [1.82, 2.24) is 10.2 Å². The van der Waals surface area contributed by atoms with Crippen molar-refractivity contribution in [2.45, 2.75) is 43.9 Å². The summed E-state index contributed by atoms with van der Waals surface area (Å²) in [4.78, 5) is 25.6. The average Bonchev–Trinajstić information content (AvgIpc) is 3.08. The number of hydrogen-bond acceptors (Lipinski definition) is 4. The maximum Gasteiger partial charge on any atom is 0.409 e. The van der Waals surface area contributed by atoms with Crippen LogP contribution in [0.1, 0.15) is 37.4 Å².